The first-order valence-corrected chi connectivity index (χ1v) is 5.32. The van der Waals surface area contributed by atoms with Crippen LogP contribution in [-0.4, -0.2) is 13.0 Å². The van der Waals surface area contributed by atoms with Crippen LogP contribution in [0.1, 0.15) is 17.5 Å². The number of benzene rings is 1. The van der Waals surface area contributed by atoms with Gasteiger partial charge in [-0.25, -0.2) is 0 Å². The van der Waals surface area contributed by atoms with Gasteiger partial charge in [-0.2, -0.15) is 13.2 Å². The van der Waals surface area contributed by atoms with Gasteiger partial charge in [0.1, 0.15) is 5.75 Å². The largest absolute Gasteiger partial charge is 0.496 e. The fraction of sp³-hybridized carbons (Fsp3) is 0.333. The van der Waals surface area contributed by atoms with Gasteiger partial charge in [-0.05, 0) is 18.2 Å². The van der Waals surface area contributed by atoms with Crippen LogP contribution in [0.4, 0.5) is 13.2 Å². The molecule has 1 aromatic carbocycles. The van der Waals surface area contributed by atoms with E-state index in [9.17, 15) is 13.2 Å². The van der Waals surface area contributed by atoms with E-state index in [1.165, 1.54) is 19.2 Å². The Labute approximate surface area is 103 Å². The van der Waals surface area contributed by atoms with Gasteiger partial charge in [0.05, 0.1) is 12.7 Å². The van der Waals surface area contributed by atoms with Crippen molar-refractivity contribution in [1.29, 1.82) is 0 Å². The molecule has 5 heteroatoms. The maximum absolute atomic E-state index is 12.5. The lowest BCUT2D eigenvalue weighted by Crippen LogP contribution is -2.07. The molecule has 0 saturated heterocycles. The second-order valence-corrected chi connectivity index (χ2v) is 3.53. The highest BCUT2D eigenvalue weighted by molar-refractivity contribution is 6.18. The van der Waals surface area contributed by atoms with Crippen LogP contribution >= 0.6 is 11.6 Å². The summed E-state index contributed by atoms with van der Waals surface area (Å²) in [5, 5.41) is 0. The zero-order valence-corrected chi connectivity index (χ0v) is 9.82. The SMILES string of the molecule is COc1cc(C#CCCCl)ccc1C(F)(F)F. The minimum absolute atomic E-state index is 0.227. The molecule has 0 N–H and O–H groups in total. The number of rotatable bonds is 2. The first-order valence-electron chi connectivity index (χ1n) is 4.79. The number of hydrogen-bond acceptors (Lipinski definition) is 1. The summed E-state index contributed by atoms with van der Waals surface area (Å²) in [5.74, 6) is 5.63. The van der Waals surface area contributed by atoms with E-state index in [4.69, 9.17) is 16.3 Å². The third-order valence-electron chi connectivity index (χ3n) is 1.96. The molecule has 0 aliphatic heterocycles. The lowest BCUT2D eigenvalue weighted by Gasteiger charge is -2.11. The van der Waals surface area contributed by atoms with E-state index < -0.39 is 11.7 Å². The highest BCUT2D eigenvalue weighted by Crippen LogP contribution is 2.36. The van der Waals surface area contributed by atoms with Crippen molar-refractivity contribution in [2.24, 2.45) is 0 Å². The molecule has 17 heavy (non-hydrogen) atoms. The average molecular weight is 263 g/mol. The van der Waals surface area contributed by atoms with Gasteiger partial charge in [-0.1, -0.05) is 11.8 Å². The topological polar surface area (TPSA) is 9.23 Å². The molecule has 0 unspecified atom stereocenters. The summed E-state index contributed by atoms with van der Waals surface area (Å²) in [5.41, 5.74) is -0.331. The molecule has 0 bridgehead atoms. The third-order valence-corrected chi connectivity index (χ3v) is 2.15. The predicted octanol–water partition coefficient (Wildman–Crippen LogP) is 3.69. The van der Waals surface area contributed by atoms with Crippen molar-refractivity contribution >= 4 is 11.6 Å². The van der Waals surface area contributed by atoms with Crippen LogP contribution < -0.4 is 4.74 Å². The van der Waals surface area contributed by atoms with Crippen molar-refractivity contribution in [1.82, 2.24) is 0 Å². The van der Waals surface area contributed by atoms with Gasteiger partial charge in [-0.3, -0.25) is 0 Å². The van der Waals surface area contributed by atoms with E-state index in [-0.39, 0.29) is 5.75 Å². The Morgan fingerprint density at radius 3 is 2.59 bits per heavy atom. The van der Waals surface area contributed by atoms with E-state index in [1.807, 2.05) is 0 Å². The van der Waals surface area contributed by atoms with Gasteiger partial charge in [0.2, 0.25) is 0 Å². The molecule has 0 fully saturated rings. The summed E-state index contributed by atoms with van der Waals surface area (Å²) in [4.78, 5) is 0. The van der Waals surface area contributed by atoms with Gasteiger partial charge < -0.3 is 4.74 Å². The minimum Gasteiger partial charge on any atom is -0.496 e. The van der Waals surface area contributed by atoms with Crippen LogP contribution in [-0.2, 0) is 6.18 Å². The first-order chi connectivity index (χ1) is 7.99. The molecule has 0 aromatic heterocycles. The lowest BCUT2D eigenvalue weighted by molar-refractivity contribution is -0.138. The standard InChI is InChI=1S/C12H10ClF3O/c1-17-11-8-9(4-2-3-7-13)5-6-10(11)12(14,15)16/h5-6,8H,3,7H2,1H3. The van der Waals surface area contributed by atoms with E-state index in [1.54, 1.807) is 0 Å². The van der Waals surface area contributed by atoms with E-state index in [2.05, 4.69) is 11.8 Å². The molecule has 0 atom stereocenters. The van der Waals surface area contributed by atoms with Crippen molar-refractivity contribution in [2.45, 2.75) is 12.6 Å². The van der Waals surface area contributed by atoms with Crippen molar-refractivity contribution in [3.63, 3.8) is 0 Å². The number of alkyl halides is 4. The smallest absolute Gasteiger partial charge is 0.419 e. The molecule has 0 aliphatic rings. The summed E-state index contributed by atoms with van der Waals surface area (Å²) in [6.07, 6.45) is -3.93. The zero-order chi connectivity index (χ0) is 12.9. The monoisotopic (exact) mass is 262 g/mol. The molecule has 1 rings (SSSR count). The van der Waals surface area contributed by atoms with Crippen LogP contribution in [0, 0.1) is 11.8 Å². The third kappa shape index (κ3) is 3.86. The normalized spacial score (nSPS) is 10.6. The second-order valence-electron chi connectivity index (χ2n) is 3.15. The Morgan fingerprint density at radius 2 is 2.06 bits per heavy atom. The Kier molecular flexibility index (Phi) is 4.71. The fourth-order valence-corrected chi connectivity index (χ4v) is 1.31. The van der Waals surface area contributed by atoms with Gasteiger partial charge in [-0.15, -0.1) is 11.6 Å². The van der Waals surface area contributed by atoms with Crippen molar-refractivity contribution < 1.29 is 17.9 Å². The van der Waals surface area contributed by atoms with Gasteiger partial charge in [0.15, 0.2) is 0 Å². The molecular weight excluding hydrogens is 253 g/mol. The van der Waals surface area contributed by atoms with Crippen LogP contribution in [0.2, 0.25) is 0 Å². The number of ether oxygens (including phenoxy) is 1. The summed E-state index contributed by atoms with van der Waals surface area (Å²) < 4.78 is 42.3. The molecule has 0 aliphatic carbocycles. The molecule has 0 radical (unpaired) electrons. The van der Waals surface area contributed by atoms with E-state index >= 15 is 0 Å². The van der Waals surface area contributed by atoms with Crippen LogP contribution in [0.5, 0.6) is 5.75 Å². The molecule has 0 spiro atoms. The Balaban J connectivity index is 3.06. The minimum atomic E-state index is -4.42. The summed E-state index contributed by atoms with van der Waals surface area (Å²) in [6, 6.07) is 3.54. The summed E-state index contributed by atoms with van der Waals surface area (Å²) in [6.45, 7) is 0. The van der Waals surface area contributed by atoms with Crippen molar-refractivity contribution in [2.75, 3.05) is 13.0 Å². The Morgan fingerprint density at radius 1 is 1.35 bits per heavy atom. The van der Waals surface area contributed by atoms with Crippen LogP contribution in [0.25, 0.3) is 0 Å². The summed E-state index contributed by atoms with van der Waals surface area (Å²) in [7, 11) is 1.19. The number of halogens is 4. The van der Waals surface area contributed by atoms with Gasteiger partial charge >= 0.3 is 6.18 Å². The maximum atomic E-state index is 12.5. The highest BCUT2D eigenvalue weighted by Gasteiger charge is 2.34. The fourth-order valence-electron chi connectivity index (χ4n) is 1.21. The van der Waals surface area contributed by atoms with Crippen molar-refractivity contribution in [3.05, 3.63) is 29.3 Å². The summed E-state index contributed by atoms with van der Waals surface area (Å²) >= 11 is 5.44. The average Bonchev–Trinajstić information content (AvgIpc) is 2.28. The Hall–Kier alpha value is -1.34. The molecular formula is C12H10ClF3O. The van der Waals surface area contributed by atoms with Crippen LogP contribution in [0.3, 0.4) is 0 Å². The zero-order valence-electron chi connectivity index (χ0n) is 9.07. The first kappa shape index (κ1) is 13.7. The highest BCUT2D eigenvalue weighted by atomic mass is 35.5. The van der Waals surface area contributed by atoms with Crippen molar-refractivity contribution in [3.8, 4) is 17.6 Å². The predicted molar refractivity (Wildman–Crippen MR) is 60.2 cm³/mol. The Bertz CT molecular complexity index is 443. The van der Waals surface area contributed by atoms with E-state index in [0.717, 1.165) is 6.07 Å². The van der Waals surface area contributed by atoms with Crippen LogP contribution in [0.15, 0.2) is 18.2 Å². The number of methoxy groups -OCH3 is 1. The van der Waals surface area contributed by atoms with E-state index in [0.29, 0.717) is 17.9 Å². The van der Waals surface area contributed by atoms with Gasteiger partial charge in [0, 0.05) is 17.9 Å². The molecule has 0 amide bonds. The molecule has 92 valence electrons. The molecule has 1 nitrogen and oxygen atoms in total. The molecule has 0 heterocycles. The quantitative estimate of drug-likeness (QED) is 0.583. The molecule has 0 saturated carbocycles. The van der Waals surface area contributed by atoms with Gasteiger partial charge in [0.25, 0.3) is 0 Å². The molecule has 1 aromatic rings. The number of hydrogen-bond donors (Lipinski definition) is 0. The second kappa shape index (κ2) is 5.83. The maximum Gasteiger partial charge on any atom is 0.419 e. The lowest BCUT2D eigenvalue weighted by atomic mass is 10.1.